The Morgan fingerprint density at radius 1 is 1.07 bits per heavy atom. The van der Waals surface area contributed by atoms with Crippen molar-refractivity contribution >= 4 is 11.6 Å². The highest BCUT2D eigenvalue weighted by Crippen LogP contribution is 2.23. The number of hydrogen-bond acceptors (Lipinski definition) is 2. The third-order valence-electron chi connectivity index (χ3n) is 2.77. The minimum Gasteiger partial charge on any atom is -0.299 e. The molecule has 80 valence electrons. The molecular weight excluding hydrogens is 188 g/mol. The number of rotatable bonds is 3. The van der Waals surface area contributed by atoms with E-state index in [4.69, 9.17) is 0 Å². The fourth-order valence-corrected chi connectivity index (χ4v) is 1.81. The van der Waals surface area contributed by atoms with Gasteiger partial charge in [-0.1, -0.05) is 18.2 Å². The van der Waals surface area contributed by atoms with E-state index >= 15 is 0 Å². The molecule has 0 atom stereocenters. The highest BCUT2D eigenvalue weighted by molar-refractivity contribution is 6.05. The molecular formula is C13H16O2. The summed E-state index contributed by atoms with van der Waals surface area (Å²) >= 11 is 0. The minimum absolute atomic E-state index is 0.0869. The van der Waals surface area contributed by atoms with Crippen LogP contribution in [0.5, 0.6) is 0 Å². The first kappa shape index (κ1) is 11.6. The molecule has 0 aliphatic heterocycles. The quantitative estimate of drug-likeness (QED) is 0.709. The smallest absolute Gasteiger partial charge is 0.144 e. The Morgan fingerprint density at radius 2 is 1.60 bits per heavy atom. The van der Waals surface area contributed by atoms with Crippen LogP contribution in [0, 0.1) is 13.8 Å². The standard InChI is InChI=1S/C13H16O2/c1-8-6-5-7-12(9(8)2)13(10(3)14)11(4)15/h5-7,13H,1-4H3. The summed E-state index contributed by atoms with van der Waals surface area (Å²) in [4.78, 5) is 22.9. The fraction of sp³-hybridized carbons (Fsp3) is 0.385. The van der Waals surface area contributed by atoms with Crippen molar-refractivity contribution in [3.63, 3.8) is 0 Å². The molecule has 0 amide bonds. The van der Waals surface area contributed by atoms with Crippen LogP contribution in [0.25, 0.3) is 0 Å². The van der Waals surface area contributed by atoms with Gasteiger partial charge in [0, 0.05) is 0 Å². The molecule has 0 spiro atoms. The minimum atomic E-state index is -0.593. The van der Waals surface area contributed by atoms with Crippen molar-refractivity contribution in [1.29, 1.82) is 0 Å². The first-order chi connectivity index (χ1) is 6.95. The highest BCUT2D eigenvalue weighted by atomic mass is 16.1. The van der Waals surface area contributed by atoms with Gasteiger partial charge < -0.3 is 0 Å². The van der Waals surface area contributed by atoms with Gasteiger partial charge in [-0.15, -0.1) is 0 Å². The monoisotopic (exact) mass is 204 g/mol. The zero-order chi connectivity index (χ0) is 11.6. The van der Waals surface area contributed by atoms with Gasteiger partial charge in [-0.2, -0.15) is 0 Å². The van der Waals surface area contributed by atoms with Crippen LogP contribution in [0.15, 0.2) is 18.2 Å². The van der Waals surface area contributed by atoms with Gasteiger partial charge in [0.1, 0.15) is 17.5 Å². The molecule has 0 aliphatic carbocycles. The normalized spacial score (nSPS) is 10.5. The van der Waals surface area contributed by atoms with E-state index in [-0.39, 0.29) is 11.6 Å². The van der Waals surface area contributed by atoms with E-state index in [1.54, 1.807) is 0 Å². The summed E-state index contributed by atoms with van der Waals surface area (Å²) in [5, 5.41) is 0. The Bertz CT molecular complexity index is 391. The van der Waals surface area contributed by atoms with Crippen LogP contribution < -0.4 is 0 Å². The lowest BCUT2D eigenvalue weighted by atomic mass is 9.87. The van der Waals surface area contributed by atoms with Crippen LogP contribution in [-0.4, -0.2) is 11.6 Å². The van der Waals surface area contributed by atoms with E-state index in [0.29, 0.717) is 0 Å². The summed E-state index contributed by atoms with van der Waals surface area (Å²) in [5.41, 5.74) is 2.99. The van der Waals surface area contributed by atoms with Crippen LogP contribution in [0.3, 0.4) is 0 Å². The van der Waals surface area contributed by atoms with Crippen molar-refractivity contribution in [2.24, 2.45) is 0 Å². The summed E-state index contributed by atoms with van der Waals surface area (Å²) in [6.07, 6.45) is 0. The number of carbonyl (C=O) groups is 2. The second-order valence-corrected chi connectivity index (χ2v) is 3.94. The number of hydrogen-bond donors (Lipinski definition) is 0. The van der Waals surface area contributed by atoms with Crippen molar-refractivity contribution in [2.45, 2.75) is 33.6 Å². The predicted molar refractivity (Wildman–Crippen MR) is 60.0 cm³/mol. The second-order valence-electron chi connectivity index (χ2n) is 3.94. The average Bonchev–Trinajstić information content (AvgIpc) is 2.11. The van der Waals surface area contributed by atoms with E-state index < -0.39 is 5.92 Å². The number of aryl methyl sites for hydroxylation is 1. The molecule has 1 aromatic rings. The van der Waals surface area contributed by atoms with E-state index in [1.165, 1.54) is 13.8 Å². The summed E-state index contributed by atoms with van der Waals surface area (Å²) in [5.74, 6) is -0.766. The first-order valence-corrected chi connectivity index (χ1v) is 5.02. The lowest BCUT2D eigenvalue weighted by Gasteiger charge is -2.15. The van der Waals surface area contributed by atoms with Gasteiger partial charge in [-0.05, 0) is 44.4 Å². The van der Waals surface area contributed by atoms with Crippen LogP contribution in [-0.2, 0) is 9.59 Å². The average molecular weight is 204 g/mol. The number of ketones is 2. The summed E-state index contributed by atoms with van der Waals surface area (Å²) in [6.45, 7) is 6.86. The van der Waals surface area contributed by atoms with Gasteiger partial charge in [-0.3, -0.25) is 9.59 Å². The van der Waals surface area contributed by atoms with E-state index in [2.05, 4.69) is 0 Å². The Hall–Kier alpha value is -1.44. The molecule has 0 saturated carbocycles. The summed E-state index contributed by atoms with van der Waals surface area (Å²) < 4.78 is 0. The molecule has 0 fully saturated rings. The molecule has 0 heterocycles. The summed E-state index contributed by atoms with van der Waals surface area (Å²) in [6, 6.07) is 5.72. The van der Waals surface area contributed by atoms with Crippen molar-refractivity contribution in [1.82, 2.24) is 0 Å². The van der Waals surface area contributed by atoms with Crippen LogP contribution in [0.4, 0.5) is 0 Å². The van der Waals surface area contributed by atoms with Crippen molar-refractivity contribution in [2.75, 3.05) is 0 Å². The zero-order valence-electron chi connectivity index (χ0n) is 9.63. The van der Waals surface area contributed by atoms with E-state index in [0.717, 1.165) is 16.7 Å². The van der Waals surface area contributed by atoms with Crippen molar-refractivity contribution in [3.05, 3.63) is 34.9 Å². The lowest BCUT2D eigenvalue weighted by Crippen LogP contribution is -2.18. The Morgan fingerprint density at radius 3 is 2.07 bits per heavy atom. The van der Waals surface area contributed by atoms with Crippen LogP contribution in [0.2, 0.25) is 0 Å². The highest BCUT2D eigenvalue weighted by Gasteiger charge is 2.23. The zero-order valence-corrected chi connectivity index (χ0v) is 9.63. The van der Waals surface area contributed by atoms with Gasteiger partial charge in [0.15, 0.2) is 0 Å². The molecule has 0 bridgehead atoms. The van der Waals surface area contributed by atoms with Crippen molar-refractivity contribution in [3.8, 4) is 0 Å². The molecule has 15 heavy (non-hydrogen) atoms. The van der Waals surface area contributed by atoms with Crippen LogP contribution in [0.1, 0.15) is 36.5 Å². The molecule has 0 N–H and O–H groups in total. The maximum Gasteiger partial charge on any atom is 0.144 e. The largest absolute Gasteiger partial charge is 0.299 e. The lowest BCUT2D eigenvalue weighted by molar-refractivity contribution is -0.126. The third-order valence-corrected chi connectivity index (χ3v) is 2.77. The molecule has 0 aliphatic rings. The molecule has 2 nitrogen and oxygen atoms in total. The van der Waals surface area contributed by atoms with Crippen LogP contribution >= 0.6 is 0 Å². The van der Waals surface area contributed by atoms with Gasteiger partial charge in [0.25, 0.3) is 0 Å². The Kier molecular flexibility index (Phi) is 3.40. The van der Waals surface area contributed by atoms with Gasteiger partial charge in [-0.25, -0.2) is 0 Å². The topological polar surface area (TPSA) is 34.1 Å². The Balaban J connectivity index is 3.29. The molecule has 0 saturated heterocycles. The fourth-order valence-electron chi connectivity index (χ4n) is 1.81. The molecule has 0 radical (unpaired) electrons. The third kappa shape index (κ3) is 2.32. The maximum absolute atomic E-state index is 11.4. The van der Waals surface area contributed by atoms with E-state index in [9.17, 15) is 9.59 Å². The van der Waals surface area contributed by atoms with E-state index in [1.807, 2.05) is 32.0 Å². The molecule has 0 aromatic heterocycles. The van der Waals surface area contributed by atoms with Gasteiger partial charge in [0.2, 0.25) is 0 Å². The summed E-state index contributed by atoms with van der Waals surface area (Å²) in [7, 11) is 0. The maximum atomic E-state index is 11.4. The molecule has 1 rings (SSSR count). The van der Waals surface area contributed by atoms with Crippen molar-refractivity contribution < 1.29 is 9.59 Å². The Labute approximate surface area is 90.3 Å². The number of benzene rings is 1. The number of Topliss-reactive ketones (excluding diaryl/α,β-unsaturated/α-hetero) is 2. The van der Waals surface area contributed by atoms with Gasteiger partial charge in [0.05, 0.1) is 0 Å². The SMILES string of the molecule is CC(=O)C(C(C)=O)c1cccc(C)c1C. The first-order valence-electron chi connectivity index (χ1n) is 5.02. The van der Waals surface area contributed by atoms with Gasteiger partial charge >= 0.3 is 0 Å². The molecule has 0 unspecified atom stereocenters. The predicted octanol–water partition coefficient (Wildman–Crippen LogP) is 2.57. The second kappa shape index (κ2) is 4.39. The molecule has 1 aromatic carbocycles. The number of carbonyl (C=O) groups excluding carboxylic acids is 2. The molecule has 2 heteroatoms.